The summed E-state index contributed by atoms with van der Waals surface area (Å²) in [6, 6.07) is 27.7. The summed E-state index contributed by atoms with van der Waals surface area (Å²) in [7, 11) is 0. The molecule has 1 heterocycles. The minimum Gasteiger partial charge on any atom is -0.481 e. The molecule has 0 saturated heterocycles. The van der Waals surface area contributed by atoms with Crippen LogP contribution in [-0.4, -0.2) is 61.5 Å². The van der Waals surface area contributed by atoms with Crippen molar-refractivity contribution in [3.8, 4) is 16.9 Å². The number of benzene rings is 4. The Hall–Kier alpha value is -5.29. The van der Waals surface area contributed by atoms with Crippen LogP contribution in [0.1, 0.15) is 82.0 Å². The quantitative estimate of drug-likeness (QED) is 0.0751. The molecule has 0 saturated carbocycles. The second-order valence-corrected chi connectivity index (χ2v) is 14.5. The van der Waals surface area contributed by atoms with Gasteiger partial charge in [0, 0.05) is 50.8 Å². The van der Waals surface area contributed by atoms with E-state index in [1.807, 2.05) is 24.3 Å². The summed E-state index contributed by atoms with van der Waals surface area (Å²) in [4.78, 5) is 35.2. The number of rotatable bonds is 14. The van der Waals surface area contributed by atoms with Crippen LogP contribution in [0, 0.1) is 5.82 Å². The molecule has 0 aliphatic rings. The molecule has 290 valence electrons. The van der Waals surface area contributed by atoms with Crippen LogP contribution in [0.4, 0.5) is 4.39 Å². The van der Waals surface area contributed by atoms with Gasteiger partial charge in [0.25, 0.3) is 0 Å². The number of nitrogens with zero attached hydrogens (tertiary/aromatic N) is 1. The molecule has 2 atom stereocenters. The standard InChI is InChI=1S/C24H26FNO4.C20H21ClO4/c1-15(2)26-21-6-4-3-5-20(21)24(16-7-9-17(25)10-8-16)22(26)12-11-18(27)13-19(28)14-23(29)30;1-13(2)24-19(23)20(3,4)25-17-11-7-15(8-12-17)18(22)14-5-9-16(21)10-6-14/h3-12,15,18-19,27-28H,13-14H2,1-2H3,(H,29,30);5-13H,1-4H3/b12-11+;/t18-,19-;/m0./s1. The molecule has 0 bridgehead atoms. The van der Waals surface area contributed by atoms with Gasteiger partial charge in [-0.25, -0.2) is 9.18 Å². The Bertz CT molecular complexity index is 2100. The highest BCUT2D eigenvalue weighted by atomic mass is 35.5. The largest absolute Gasteiger partial charge is 0.481 e. The van der Waals surface area contributed by atoms with Crippen molar-refractivity contribution in [2.45, 2.75) is 84.3 Å². The molecular formula is C44H47ClFNO8. The lowest BCUT2D eigenvalue weighted by Gasteiger charge is -2.25. The molecule has 0 aliphatic heterocycles. The highest BCUT2D eigenvalue weighted by Crippen LogP contribution is 2.38. The van der Waals surface area contributed by atoms with E-state index in [0.29, 0.717) is 21.9 Å². The van der Waals surface area contributed by atoms with Gasteiger partial charge in [-0.05, 0) is 120 Å². The summed E-state index contributed by atoms with van der Waals surface area (Å²) < 4.78 is 26.5. The van der Waals surface area contributed by atoms with Crippen LogP contribution in [0.2, 0.25) is 5.02 Å². The summed E-state index contributed by atoms with van der Waals surface area (Å²) in [5.41, 5.74) is 3.61. The average molecular weight is 772 g/mol. The van der Waals surface area contributed by atoms with Crippen molar-refractivity contribution in [3.63, 3.8) is 0 Å². The number of aliphatic hydroxyl groups is 2. The number of ether oxygens (including phenoxy) is 2. The summed E-state index contributed by atoms with van der Waals surface area (Å²) in [5, 5.41) is 30.5. The smallest absolute Gasteiger partial charge is 0.350 e. The van der Waals surface area contributed by atoms with Gasteiger partial charge < -0.3 is 29.4 Å². The van der Waals surface area contributed by atoms with E-state index in [1.54, 1.807) is 101 Å². The maximum Gasteiger partial charge on any atom is 0.350 e. The molecule has 0 unspecified atom stereocenters. The van der Waals surface area contributed by atoms with Crippen molar-refractivity contribution < 1.29 is 43.6 Å². The Balaban J connectivity index is 0.000000249. The van der Waals surface area contributed by atoms with E-state index in [-0.39, 0.29) is 30.2 Å². The van der Waals surface area contributed by atoms with Crippen LogP contribution in [0.5, 0.6) is 5.75 Å². The molecule has 1 aromatic heterocycles. The Morgan fingerprint density at radius 1 is 0.855 bits per heavy atom. The Labute approximate surface area is 325 Å². The Morgan fingerprint density at radius 3 is 2.00 bits per heavy atom. The summed E-state index contributed by atoms with van der Waals surface area (Å²) in [6.45, 7) is 11.0. The number of hydrogen-bond donors (Lipinski definition) is 3. The first-order valence-electron chi connectivity index (χ1n) is 17.9. The van der Waals surface area contributed by atoms with E-state index < -0.39 is 36.2 Å². The number of ketones is 1. The SMILES string of the molecule is CC(C)OC(=O)C(C)(C)Oc1ccc(C(=O)c2ccc(Cl)cc2)cc1.CC(C)n1c(/C=C/[C@H](O)C[C@H](O)CC(=O)O)c(-c2ccc(F)cc2)c2ccccc21. The van der Waals surface area contributed by atoms with Gasteiger partial charge in [-0.3, -0.25) is 9.59 Å². The van der Waals surface area contributed by atoms with Crippen LogP contribution in [0.25, 0.3) is 28.1 Å². The molecule has 4 aromatic carbocycles. The highest BCUT2D eigenvalue weighted by Gasteiger charge is 2.32. The fraction of sp³-hybridized carbons (Fsp3) is 0.295. The number of halogens is 2. The first kappa shape index (κ1) is 42.5. The van der Waals surface area contributed by atoms with Crippen LogP contribution in [0.15, 0.2) is 103 Å². The third-order valence-corrected chi connectivity index (χ3v) is 8.68. The van der Waals surface area contributed by atoms with Crippen LogP contribution in [-0.2, 0) is 14.3 Å². The molecule has 0 spiro atoms. The summed E-state index contributed by atoms with van der Waals surface area (Å²) >= 11 is 5.84. The van der Waals surface area contributed by atoms with Crippen molar-refractivity contribution >= 4 is 46.3 Å². The maximum atomic E-state index is 13.5. The first-order valence-corrected chi connectivity index (χ1v) is 18.3. The zero-order valence-electron chi connectivity index (χ0n) is 31.7. The number of carboxylic acid groups (broad SMARTS) is 1. The van der Waals surface area contributed by atoms with Gasteiger partial charge in [0.05, 0.1) is 24.7 Å². The van der Waals surface area contributed by atoms with Crippen molar-refractivity contribution in [1.29, 1.82) is 0 Å². The topological polar surface area (TPSA) is 135 Å². The number of aliphatic hydroxyl groups excluding tert-OH is 2. The van der Waals surface area contributed by atoms with Gasteiger partial charge in [-0.2, -0.15) is 0 Å². The van der Waals surface area contributed by atoms with Gasteiger partial charge in [0.1, 0.15) is 11.6 Å². The van der Waals surface area contributed by atoms with Crippen LogP contribution < -0.4 is 4.74 Å². The fourth-order valence-electron chi connectivity index (χ4n) is 5.90. The molecule has 0 aliphatic carbocycles. The number of esters is 1. The van der Waals surface area contributed by atoms with E-state index in [9.17, 15) is 29.0 Å². The zero-order chi connectivity index (χ0) is 40.4. The molecule has 9 nitrogen and oxygen atoms in total. The number of aromatic nitrogens is 1. The van der Waals surface area contributed by atoms with Gasteiger partial charge in [0.15, 0.2) is 11.4 Å². The van der Waals surface area contributed by atoms with Gasteiger partial charge in [-0.15, -0.1) is 0 Å². The lowest BCUT2D eigenvalue weighted by molar-refractivity contribution is -0.163. The number of carbonyl (C=O) groups excluding carboxylic acids is 2. The molecule has 5 rings (SSSR count). The number of carbonyl (C=O) groups is 3. The third kappa shape index (κ3) is 11.6. The summed E-state index contributed by atoms with van der Waals surface area (Å²) in [6.07, 6.45) is 0.514. The number of para-hydroxylation sites is 1. The monoisotopic (exact) mass is 771 g/mol. The molecular weight excluding hydrogens is 725 g/mol. The van der Waals surface area contributed by atoms with Gasteiger partial charge >= 0.3 is 11.9 Å². The molecule has 0 radical (unpaired) electrons. The van der Waals surface area contributed by atoms with Crippen molar-refractivity contribution in [1.82, 2.24) is 4.57 Å². The lowest BCUT2D eigenvalue weighted by atomic mass is 10.0. The van der Waals surface area contributed by atoms with Gasteiger partial charge in [-0.1, -0.05) is 48.0 Å². The van der Waals surface area contributed by atoms with Gasteiger partial charge in [0.2, 0.25) is 0 Å². The molecule has 55 heavy (non-hydrogen) atoms. The fourth-order valence-corrected chi connectivity index (χ4v) is 6.03. The number of fused-ring (bicyclic) bond motifs is 1. The molecule has 3 N–H and O–H groups in total. The number of aliphatic carboxylic acids is 1. The van der Waals surface area contributed by atoms with Crippen LogP contribution in [0.3, 0.4) is 0 Å². The second kappa shape index (κ2) is 18.8. The normalized spacial score (nSPS) is 12.7. The Kier molecular flexibility index (Phi) is 14.5. The summed E-state index contributed by atoms with van der Waals surface area (Å²) in [5.74, 6) is -1.49. The van der Waals surface area contributed by atoms with Crippen molar-refractivity contribution in [3.05, 3.63) is 131 Å². The predicted molar refractivity (Wildman–Crippen MR) is 213 cm³/mol. The van der Waals surface area contributed by atoms with E-state index in [1.165, 1.54) is 12.1 Å². The minimum absolute atomic E-state index is 0.0728. The van der Waals surface area contributed by atoms with E-state index >= 15 is 0 Å². The number of hydrogen-bond acceptors (Lipinski definition) is 7. The Morgan fingerprint density at radius 2 is 1.44 bits per heavy atom. The molecule has 11 heteroatoms. The van der Waals surface area contributed by atoms with E-state index in [0.717, 1.165) is 27.7 Å². The second-order valence-electron chi connectivity index (χ2n) is 14.1. The van der Waals surface area contributed by atoms with Crippen LogP contribution >= 0.6 is 11.6 Å². The minimum atomic E-state index is -1.13. The highest BCUT2D eigenvalue weighted by molar-refractivity contribution is 6.30. The molecule has 0 fully saturated rings. The average Bonchev–Trinajstić information content (AvgIpc) is 3.45. The third-order valence-electron chi connectivity index (χ3n) is 8.43. The van der Waals surface area contributed by atoms with E-state index in [4.69, 9.17) is 26.2 Å². The maximum absolute atomic E-state index is 13.5. The number of carboxylic acids is 1. The first-order chi connectivity index (χ1) is 26.0. The lowest BCUT2D eigenvalue weighted by Crippen LogP contribution is -2.40. The van der Waals surface area contributed by atoms with Crippen molar-refractivity contribution in [2.24, 2.45) is 0 Å². The zero-order valence-corrected chi connectivity index (χ0v) is 32.5. The predicted octanol–water partition coefficient (Wildman–Crippen LogP) is 9.31. The molecule has 5 aromatic rings. The van der Waals surface area contributed by atoms with Crippen molar-refractivity contribution in [2.75, 3.05) is 0 Å². The molecule has 0 amide bonds. The van der Waals surface area contributed by atoms with E-state index in [2.05, 4.69) is 18.4 Å².